The van der Waals surface area contributed by atoms with Crippen LogP contribution in [0.4, 0.5) is 0 Å². The lowest BCUT2D eigenvalue weighted by Gasteiger charge is -2.38. The number of halogens is 1. The summed E-state index contributed by atoms with van der Waals surface area (Å²) < 4.78 is 2.49. The molecule has 0 fully saturated rings. The zero-order valence-electron chi connectivity index (χ0n) is 12.2. The Morgan fingerprint density at radius 1 is 1.25 bits per heavy atom. The molecule has 0 aliphatic heterocycles. The number of hydrogen-bond donors (Lipinski definition) is 1. The van der Waals surface area contributed by atoms with Crippen LogP contribution in [0.3, 0.4) is 0 Å². The molecule has 0 aliphatic carbocycles. The Bertz CT molecular complexity index is 541. The molecule has 4 nitrogen and oxygen atoms in total. The summed E-state index contributed by atoms with van der Waals surface area (Å²) >= 11 is 3.47. The number of benzene rings is 1. The van der Waals surface area contributed by atoms with E-state index in [-0.39, 0.29) is 11.5 Å². The zero-order valence-corrected chi connectivity index (χ0v) is 13.8. The van der Waals surface area contributed by atoms with Gasteiger partial charge in [0.15, 0.2) is 4.60 Å². The molecule has 0 bridgehead atoms. The monoisotopic (exact) mass is 336 g/mol. The Labute approximate surface area is 128 Å². The predicted octanol–water partition coefficient (Wildman–Crippen LogP) is 3.34. The summed E-state index contributed by atoms with van der Waals surface area (Å²) in [6.45, 7) is 4.38. The highest BCUT2D eigenvalue weighted by Crippen LogP contribution is 2.42. The average Bonchev–Trinajstić information content (AvgIpc) is 2.81. The second-order valence-electron chi connectivity index (χ2n) is 5.10. The molecule has 20 heavy (non-hydrogen) atoms. The molecule has 1 aromatic carbocycles. The van der Waals surface area contributed by atoms with Gasteiger partial charge in [-0.3, -0.25) is 0 Å². The third kappa shape index (κ3) is 2.40. The summed E-state index contributed by atoms with van der Waals surface area (Å²) in [6, 6.07) is 10.3. The van der Waals surface area contributed by atoms with Gasteiger partial charge in [0.25, 0.3) is 0 Å². The number of aromatic nitrogens is 3. The van der Waals surface area contributed by atoms with Gasteiger partial charge in [-0.25, -0.2) is 4.68 Å². The van der Waals surface area contributed by atoms with E-state index in [1.807, 2.05) is 13.1 Å². The van der Waals surface area contributed by atoms with E-state index >= 15 is 0 Å². The van der Waals surface area contributed by atoms with Crippen LogP contribution in [0.25, 0.3) is 0 Å². The van der Waals surface area contributed by atoms with E-state index in [1.54, 1.807) is 4.68 Å². The average molecular weight is 337 g/mol. The fourth-order valence-electron chi connectivity index (χ4n) is 2.98. The smallest absolute Gasteiger partial charge is 0.153 e. The van der Waals surface area contributed by atoms with Gasteiger partial charge in [-0.1, -0.05) is 49.4 Å². The molecule has 2 N–H and O–H groups in total. The molecule has 108 valence electrons. The third-order valence-electron chi connectivity index (χ3n) is 4.33. The van der Waals surface area contributed by atoms with Gasteiger partial charge in [0.2, 0.25) is 0 Å². The van der Waals surface area contributed by atoms with Crippen molar-refractivity contribution in [2.45, 2.75) is 38.1 Å². The van der Waals surface area contributed by atoms with Gasteiger partial charge in [-0.05, 0) is 34.3 Å². The quantitative estimate of drug-likeness (QED) is 0.910. The van der Waals surface area contributed by atoms with Gasteiger partial charge >= 0.3 is 0 Å². The lowest BCUT2D eigenvalue weighted by Crippen LogP contribution is -2.39. The Kier molecular flexibility index (Phi) is 4.60. The van der Waals surface area contributed by atoms with E-state index in [9.17, 15) is 0 Å². The van der Waals surface area contributed by atoms with E-state index in [0.29, 0.717) is 0 Å². The number of rotatable bonds is 5. The van der Waals surface area contributed by atoms with Crippen molar-refractivity contribution in [3.05, 3.63) is 46.2 Å². The van der Waals surface area contributed by atoms with Gasteiger partial charge < -0.3 is 5.73 Å². The molecule has 1 heterocycles. The van der Waals surface area contributed by atoms with Gasteiger partial charge in [-0.2, -0.15) is 0 Å². The summed E-state index contributed by atoms with van der Waals surface area (Å²) in [7, 11) is 1.88. The van der Waals surface area contributed by atoms with Crippen LogP contribution in [-0.2, 0) is 12.5 Å². The molecule has 2 rings (SSSR count). The van der Waals surface area contributed by atoms with Gasteiger partial charge in [0.1, 0.15) is 0 Å². The van der Waals surface area contributed by atoms with Crippen LogP contribution in [0.5, 0.6) is 0 Å². The van der Waals surface area contributed by atoms with Crippen LogP contribution < -0.4 is 5.73 Å². The van der Waals surface area contributed by atoms with E-state index in [0.717, 1.165) is 23.1 Å². The van der Waals surface area contributed by atoms with Crippen molar-refractivity contribution in [2.75, 3.05) is 0 Å². The van der Waals surface area contributed by atoms with Crippen LogP contribution >= 0.6 is 15.9 Å². The highest BCUT2D eigenvalue weighted by atomic mass is 79.9. The first-order valence-corrected chi connectivity index (χ1v) is 7.72. The summed E-state index contributed by atoms with van der Waals surface area (Å²) in [5, 5.41) is 8.12. The Balaban J connectivity index is 2.54. The van der Waals surface area contributed by atoms with E-state index < -0.39 is 0 Å². The van der Waals surface area contributed by atoms with Crippen molar-refractivity contribution in [2.24, 2.45) is 12.8 Å². The molecule has 1 atom stereocenters. The minimum Gasteiger partial charge on any atom is -0.322 e. The van der Waals surface area contributed by atoms with Crippen molar-refractivity contribution >= 4 is 15.9 Å². The minimum absolute atomic E-state index is 0.112. The molecule has 2 aromatic rings. The van der Waals surface area contributed by atoms with Crippen molar-refractivity contribution in [1.29, 1.82) is 0 Å². The minimum atomic E-state index is -0.158. The molecule has 5 heteroatoms. The standard InChI is InChI=1S/C15H21BrN4/c1-4-15(5-2,11-9-7-6-8-10-11)13(17)12-14(16)18-19-20(12)3/h6-10,13H,4-5,17H2,1-3H3. The van der Waals surface area contributed by atoms with Gasteiger partial charge in [0, 0.05) is 12.5 Å². The molecular formula is C15H21BrN4. The van der Waals surface area contributed by atoms with Crippen molar-refractivity contribution < 1.29 is 0 Å². The second-order valence-corrected chi connectivity index (χ2v) is 5.85. The normalized spacial score (nSPS) is 13.4. The Hall–Kier alpha value is -1.20. The molecule has 0 aliphatic rings. The molecule has 0 saturated heterocycles. The molecule has 1 unspecified atom stereocenters. The molecular weight excluding hydrogens is 316 g/mol. The van der Waals surface area contributed by atoms with Crippen molar-refractivity contribution in [1.82, 2.24) is 15.0 Å². The fraction of sp³-hybridized carbons (Fsp3) is 0.467. The van der Waals surface area contributed by atoms with E-state index in [2.05, 4.69) is 64.4 Å². The Morgan fingerprint density at radius 2 is 1.85 bits per heavy atom. The van der Waals surface area contributed by atoms with Crippen molar-refractivity contribution in [3.8, 4) is 0 Å². The van der Waals surface area contributed by atoms with Crippen LogP contribution in [0, 0.1) is 0 Å². The maximum Gasteiger partial charge on any atom is 0.153 e. The van der Waals surface area contributed by atoms with Crippen LogP contribution in [-0.4, -0.2) is 15.0 Å². The fourth-order valence-corrected chi connectivity index (χ4v) is 3.55. The van der Waals surface area contributed by atoms with Gasteiger partial charge in [0.05, 0.1) is 11.7 Å². The lowest BCUT2D eigenvalue weighted by atomic mass is 9.69. The van der Waals surface area contributed by atoms with Crippen LogP contribution in [0.2, 0.25) is 0 Å². The summed E-state index contributed by atoms with van der Waals surface area (Å²) in [6.07, 6.45) is 1.93. The van der Waals surface area contributed by atoms with Crippen LogP contribution in [0.1, 0.15) is 44.0 Å². The highest BCUT2D eigenvalue weighted by Gasteiger charge is 2.38. The SMILES string of the molecule is CCC(CC)(c1ccccc1)C(N)c1c(Br)nnn1C. The molecule has 0 amide bonds. The first-order chi connectivity index (χ1) is 9.56. The molecule has 0 saturated carbocycles. The summed E-state index contributed by atoms with van der Waals surface area (Å²) in [5.74, 6) is 0. The predicted molar refractivity (Wildman–Crippen MR) is 84.3 cm³/mol. The lowest BCUT2D eigenvalue weighted by molar-refractivity contribution is 0.310. The van der Waals surface area contributed by atoms with E-state index in [4.69, 9.17) is 5.73 Å². The third-order valence-corrected chi connectivity index (χ3v) is 4.89. The van der Waals surface area contributed by atoms with Crippen molar-refractivity contribution in [3.63, 3.8) is 0 Å². The maximum absolute atomic E-state index is 6.64. The molecule has 0 spiro atoms. The summed E-state index contributed by atoms with van der Waals surface area (Å²) in [5.41, 5.74) is 8.74. The number of nitrogens with zero attached hydrogens (tertiary/aromatic N) is 3. The molecule has 0 radical (unpaired) electrons. The number of hydrogen-bond acceptors (Lipinski definition) is 3. The molecule has 1 aromatic heterocycles. The maximum atomic E-state index is 6.64. The number of aryl methyl sites for hydroxylation is 1. The second kappa shape index (κ2) is 6.06. The summed E-state index contributed by atoms with van der Waals surface area (Å²) in [4.78, 5) is 0. The van der Waals surface area contributed by atoms with Gasteiger partial charge in [-0.15, -0.1) is 5.10 Å². The van der Waals surface area contributed by atoms with Crippen LogP contribution in [0.15, 0.2) is 34.9 Å². The largest absolute Gasteiger partial charge is 0.322 e. The zero-order chi connectivity index (χ0) is 14.8. The number of nitrogens with two attached hydrogens (primary N) is 1. The topological polar surface area (TPSA) is 56.7 Å². The first-order valence-electron chi connectivity index (χ1n) is 6.93. The highest BCUT2D eigenvalue weighted by molar-refractivity contribution is 9.10. The van der Waals surface area contributed by atoms with E-state index in [1.165, 1.54) is 5.56 Å². The first kappa shape index (κ1) is 15.2. The Morgan fingerprint density at radius 3 is 2.30 bits per heavy atom.